The minimum absolute atomic E-state index is 0.00596. The Kier molecular flexibility index (Phi) is 9.56. The van der Waals surface area contributed by atoms with Crippen LogP contribution >= 0.6 is 0 Å². The number of hydrogen-bond donors (Lipinski definition) is 3. The molecule has 9 nitrogen and oxygen atoms in total. The number of nitrogens with zero attached hydrogens (tertiary/aromatic N) is 3. The number of aromatic nitrogens is 2. The summed E-state index contributed by atoms with van der Waals surface area (Å²) in [5.41, 5.74) is 7.52. The van der Waals surface area contributed by atoms with E-state index in [0.717, 1.165) is 51.9 Å². The van der Waals surface area contributed by atoms with Crippen LogP contribution in [0.15, 0.2) is 103 Å². The summed E-state index contributed by atoms with van der Waals surface area (Å²) in [6.45, 7) is 4.70. The highest BCUT2D eigenvalue weighted by Crippen LogP contribution is 2.42. The molecule has 3 N–H and O–H groups in total. The number of carbonyl (C=O) groups excluding carboxylic acids is 1. The summed E-state index contributed by atoms with van der Waals surface area (Å²) in [7, 11) is 0. The average Bonchev–Trinajstić information content (AvgIpc) is 3.55. The van der Waals surface area contributed by atoms with Crippen LogP contribution in [0.1, 0.15) is 58.5 Å². The van der Waals surface area contributed by atoms with Crippen LogP contribution in [0.5, 0.6) is 0 Å². The minimum atomic E-state index is -0.576. The van der Waals surface area contributed by atoms with Gasteiger partial charge in [0.1, 0.15) is 5.69 Å². The second-order valence-corrected chi connectivity index (χ2v) is 12.7. The Balaban J connectivity index is 1.08. The van der Waals surface area contributed by atoms with Crippen molar-refractivity contribution >= 4 is 16.9 Å². The summed E-state index contributed by atoms with van der Waals surface area (Å²) in [5.74, 6) is -0.210. The lowest BCUT2D eigenvalue weighted by Crippen LogP contribution is -2.44. The first kappa shape index (κ1) is 32.1. The van der Waals surface area contributed by atoms with Gasteiger partial charge in [-0.05, 0) is 46.4 Å². The van der Waals surface area contributed by atoms with Crippen LogP contribution in [-0.2, 0) is 22.6 Å². The van der Waals surface area contributed by atoms with Crippen LogP contribution in [0, 0.1) is 5.92 Å². The number of carbonyl (C=O) groups is 1. The van der Waals surface area contributed by atoms with E-state index in [-0.39, 0.29) is 42.4 Å². The van der Waals surface area contributed by atoms with E-state index in [1.54, 1.807) is 0 Å². The van der Waals surface area contributed by atoms with E-state index >= 15 is 0 Å². The Morgan fingerprint density at radius 2 is 1.65 bits per heavy atom. The minimum Gasteiger partial charge on any atom is -0.392 e. The third-order valence-corrected chi connectivity index (χ3v) is 9.44. The lowest BCUT2D eigenvalue weighted by atomic mass is 9.90. The molecule has 48 heavy (non-hydrogen) atoms. The number of rotatable bonds is 9. The fourth-order valence-corrected chi connectivity index (χ4v) is 6.67. The van der Waals surface area contributed by atoms with Crippen LogP contribution in [-0.4, -0.2) is 62.8 Å². The van der Waals surface area contributed by atoms with Crippen molar-refractivity contribution < 1.29 is 24.5 Å². The molecule has 2 aliphatic rings. The molecule has 0 saturated carbocycles. The second kappa shape index (κ2) is 14.3. The normalized spacial score (nSPS) is 22.9. The van der Waals surface area contributed by atoms with E-state index in [9.17, 15) is 15.0 Å². The molecule has 7 rings (SSSR count). The van der Waals surface area contributed by atoms with Crippen molar-refractivity contribution in [3.8, 4) is 11.1 Å². The highest BCUT2D eigenvalue weighted by molar-refractivity contribution is 5.93. The smallest absolute Gasteiger partial charge is 0.271 e. The highest BCUT2D eigenvalue weighted by Gasteiger charge is 2.40. The Hall–Kier alpha value is -4.51. The summed E-state index contributed by atoms with van der Waals surface area (Å²) in [4.78, 5) is 24.1. The fourth-order valence-electron chi connectivity index (χ4n) is 6.67. The number of likely N-dealkylation sites (tertiary alicyclic amines) is 1. The van der Waals surface area contributed by atoms with E-state index in [4.69, 9.17) is 9.47 Å². The first-order chi connectivity index (χ1) is 23.4. The molecule has 0 unspecified atom stereocenters. The summed E-state index contributed by atoms with van der Waals surface area (Å²) in [6, 6.07) is 31.6. The van der Waals surface area contributed by atoms with Crippen LogP contribution in [0.2, 0.25) is 0 Å². The molecular formula is C39H40N4O5. The van der Waals surface area contributed by atoms with Gasteiger partial charge in [0.25, 0.3) is 5.91 Å². The largest absolute Gasteiger partial charge is 0.392 e. The fraction of sp³-hybridized carbons (Fsp3) is 0.308. The number of aliphatic hydroxyl groups is 2. The molecule has 2 fully saturated rings. The molecule has 0 bridgehead atoms. The third kappa shape index (κ3) is 7.01. The number of β-amino-alcohol motifs (C(OH)–C–C–N with tert-alkyl or cyclic N) is 1. The van der Waals surface area contributed by atoms with Gasteiger partial charge in [-0.2, -0.15) is 0 Å². The molecule has 9 heteroatoms. The van der Waals surface area contributed by atoms with Crippen LogP contribution < -0.4 is 5.32 Å². The van der Waals surface area contributed by atoms with E-state index < -0.39 is 6.29 Å². The van der Waals surface area contributed by atoms with Gasteiger partial charge >= 0.3 is 0 Å². The summed E-state index contributed by atoms with van der Waals surface area (Å²) in [5, 5.41) is 22.7. The average molecular weight is 645 g/mol. The van der Waals surface area contributed by atoms with Gasteiger partial charge in [0.2, 0.25) is 0 Å². The van der Waals surface area contributed by atoms with Crippen LogP contribution in [0.25, 0.3) is 22.2 Å². The lowest BCUT2D eigenvalue weighted by molar-refractivity contribution is -0.276. The predicted molar refractivity (Wildman–Crippen MR) is 183 cm³/mol. The number of aliphatic hydroxyl groups excluding tert-OH is 2. The molecule has 246 valence electrons. The summed E-state index contributed by atoms with van der Waals surface area (Å²) in [6.07, 6.45) is 1.10. The zero-order valence-corrected chi connectivity index (χ0v) is 26.9. The second-order valence-electron chi connectivity index (χ2n) is 12.7. The molecule has 0 spiro atoms. The number of hydrogen-bond acceptors (Lipinski definition) is 8. The Morgan fingerprint density at radius 1 is 0.917 bits per heavy atom. The first-order valence-corrected chi connectivity index (χ1v) is 16.5. The first-order valence-electron chi connectivity index (χ1n) is 16.5. The van der Waals surface area contributed by atoms with Gasteiger partial charge in [-0.1, -0.05) is 91.9 Å². The van der Waals surface area contributed by atoms with Crippen molar-refractivity contribution in [3.05, 3.63) is 131 Å². The molecule has 1 amide bonds. The number of fused-ring (bicyclic) bond motifs is 1. The maximum Gasteiger partial charge on any atom is 0.271 e. The van der Waals surface area contributed by atoms with Crippen molar-refractivity contribution in [2.75, 3.05) is 19.6 Å². The molecular weight excluding hydrogens is 604 g/mol. The van der Waals surface area contributed by atoms with Crippen molar-refractivity contribution in [1.82, 2.24) is 20.2 Å². The lowest BCUT2D eigenvalue weighted by Gasteiger charge is -2.42. The van der Waals surface area contributed by atoms with Gasteiger partial charge in [0, 0.05) is 37.7 Å². The maximum atomic E-state index is 13.0. The molecule has 2 aliphatic heterocycles. The van der Waals surface area contributed by atoms with Gasteiger partial charge in [-0.15, -0.1) is 0 Å². The number of nitrogens with one attached hydrogen (secondary N) is 1. The van der Waals surface area contributed by atoms with Gasteiger partial charge in [-0.3, -0.25) is 14.7 Å². The number of benzene rings is 4. The quantitative estimate of drug-likeness (QED) is 0.191. The van der Waals surface area contributed by atoms with Gasteiger partial charge < -0.3 is 25.0 Å². The zero-order valence-electron chi connectivity index (χ0n) is 26.9. The number of para-hydroxylation sites is 2. The van der Waals surface area contributed by atoms with Gasteiger partial charge in [-0.25, -0.2) is 4.98 Å². The monoisotopic (exact) mass is 644 g/mol. The molecule has 5 atom stereocenters. The Morgan fingerprint density at radius 3 is 2.40 bits per heavy atom. The summed E-state index contributed by atoms with van der Waals surface area (Å²) < 4.78 is 13.3. The van der Waals surface area contributed by atoms with E-state index in [1.807, 2.05) is 84.9 Å². The van der Waals surface area contributed by atoms with Crippen molar-refractivity contribution in [1.29, 1.82) is 0 Å². The maximum absolute atomic E-state index is 13.0. The molecule has 0 aliphatic carbocycles. The molecule has 2 saturated heterocycles. The van der Waals surface area contributed by atoms with E-state index in [2.05, 4.69) is 39.2 Å². The Labute approximate surface area is 280 Å². The van der Waals surface area contributed by atoms with E-state index in [0.29, 0.717) is 25.2 Å². The summed E-state index contributed by atoms with van der Waals surface area (Å²) >= 11 is 0. The number of ether oxygens (including phenoxy) is 2. The molecule has 5 aromatic rings. The van der Waals surface area contributed by atoms with Crippen LogP contribution in [0.4, 0.5) is 0 Å². The molecule has 3 heterocycles. The van der Waals surface area contributed by atoms with Crippen LogP contribution in [0.3, 0.4) is 0 Å². The number of amides is 1. The van der Waals surface area contributed by atoms with Crippen molar-refractivity contribution in [2.24, 2.45) is 5.92 Å². The predicted octanol–water partition coefficient (Wildman–Crippen LogP) is 5.58. The van der Waals surface area contributed by atoms with Crippen molar-refractivity contribution in [2.45, 2.75) is 51.1 Å². The Bertz CT molecular complexity index is 1870. The molecule has 1 aromatic heterocycles. The van der Waals surface area contributed by atoms with E-state index in [1.165, 1.54) is 6.20 Å². The molecule has 4 aromatic carbocycles. The van der Waals surface area contributed by atoms with Gasteiger partial charge in [0.05, 0.1) is 42.1 Å². The SMILES string of the molecule is C[C@@H]1[C@H](CN2CC[C@H](O)C2)O[C@H](c2ccc(-c3ccccc3CNC(=O)c3cnc4ccccc4n3)cc2)O[C@@H]1c1ccc(CO)cc1. The topological polar surface area (TPSA) is 117 Å². The van der Waals surface area contributed by atoms with Crippen molar-refractivity contribution in [3.63, 3.8) is 0 Å². The third-order valence-electron chi connectivity index (χ3n) is 9.44. The highest BCUT2D eigenvalue weighted by atomic mass is 16.7. The molecule has 0 radical (unpaired) electrons. The zero-order chi connectivity index (χ0) is 33.0. The standard InChI is InChI=1S/C39H40N4O5/c1-25-36(23-43-19-18-31(45)22-43)47-39(48-37(25)28-12-10-26(24-44)11-13-28)29-16-14-27(15-17-29)32-7-3-2-6-30(32)20-41-38(46)35-21-40-33-8-4-5-9-34(33)42-35/h2-17,21,25,31,36-37,39,44-45H,18-20,22-24H2,1H3,(H,41,46)/t25-,31+,36+,37+,39+/m1/s1. The van der Waals surface area contributed by atoms with Gasteiger partial charge in [0.15, 0.2) is 6.29 Å².